The van der Waals surface area contributed by atoms with Crippen molar-refractivity contribution >= 4 is 11.8 Å². The molecule has 2 rings (SSSR count). The van der Waals surface area contributed by atoms with Crippen LogP contribution < -0.4 is 15.5 Å². The molecule has 0 bridgehead atoms. The third-order valence-electron chi connectivity index (χ3n) is 3.59. The highest BCUT2D eigenvalue weighted by Crippen LogP contribution is 2.22. The van der Waals surface area contributed by atoms with E-state index < -0.39 is 0 Å². The summed E-state index contributed by atoms with van der Waals surface area (Å²) in [6.07, 6.45) is 2.38. The van der Waals surface area contributed by atoms with Gasteiger partial charge in [-0.15, -0.1) is 0 Å². The number of aromatic nitrogens is 1. The maximum Gasteiger partial charge on any atom is 0.315 e. The summed E-state index contributed by atoms with van der Waals surface area (Å²) in [5.74, 6) is 0.975. The van der Waals surface area contributed by atoms with Crippen LogP contribution >= 0.6 is 0 Å². The summed E-state index contributed by atoms with van der Waals surface area (Å²) in [4.78, 5) is 18.6. The van der Waals surface area contributed by atoms with E-state index in [0.29, 0.717) is 6.54 Å². The first-order valence-corrected chi connectivity index (χ1v) is 7.47. The number of hydrogen-bond acceptors (Lipinski definition) is 4. The smallest absolute Gasteiger partial charge is 0.315 e. The lowest BCUT2D eigenvalue weighted by Gasteiger charge is -2.21. The van der Waals surface area contributed by atoms with E-state index in [1.54, 1.807) is 6.92 Å². The van der Waals surface area contributed by atoms with Gasteiger partial charge in [0.2, 0.25) is 0 Å². The van der Waals surface area contributed by atoms with Crippen molar-refractivity contribution in [2.75, 3.05) is 24.6 Å². The molecule has 2 amide bonds. The predicted molar refractivity (Wildman–Crippen MR) is 82.3 cm³/mol. The van der Waals surface area contributed by atoms with Gasteiger partial charge in [-0.25, -0.2) is 9.78 Å². The minimum Gasteiger partial charge on any atom is -0.394 e. The molecule has 21 heavy (non-hydrogen) atoms. The number of aliphatic hydroxyl groups is 1. The largest absolute Gasteiger partial charge is 0.394 e. The number of hydrogen-bond donors (Lipinski definition) is 3. The van der Waals surface area contributed by atoms with Gasteiger partial charge < -0.3 is 20.6 Å². The quantitative estimate of drug-likeness (QED) is 0.761. The van der Waals surface area contributed by atoms with Gasteiger partial charge in [0.15, 0.2) is 0 Å². The summed E-state index contributed by atoms with van der Waals surface area (Å²) >= 11 is 0. The van der Waals surface area contributed by atoms with Crippen LogP contribution in [0.2, 0.25) is 0 Å². The van der Waals surface area contributed by atoms with E-state index in [-0.39, 0.29) is 18.7 Å². The van der Waals surface area contributed by atoms with Crippen LogP contribution in [0.3, 0.4) is 0 Å². The van der Waals surface area contributed by atoms with Crippen LogP contribution in [0, 0.1) is 6.92 Å². The van der Waals surface area contributed by atoms with E-state index in [2.05, 4.69) is 20.5 Å². The molecule has 0 aliphatic carbocycles. The van der Waals surface area contributed by atoms with Gasteiger partial charge in [0.1, 0.15) is 5.82 Å². The van der Waals surface area contributed by atoms with Crippen LogP contribution in [-0.4, -0.2) is 41.9 Å². The highest BCUT2D eigenvalue weighted by Gasteiger charge is 2.17. The van der Waals surface area contributed by atoms with E-state index in [1.807, 2.05) is 19.1 Å². The first-order valence-electron chi connectivity index (χ1n) is 7.47. The molecule has 0 spiro atoms. The van der Waals surface area contributed by atoms with E-state index in [4.69, 9.17) is 5.11 Å². The fourth-order valence-electron chi connectivity index (χ4n) is 2.41. The van der Waals surface area contributed by atoms with Crippen LogP contribution in [0.15, 0.2) is 12.1 Å². The molecule has 1 unspecified atom stereocenters. The Bertz CT molecular complexity index is 487. The van der Waals surface area contributed by atoms with Gasteiger partial charge in [0.25, 0.3) is 0 Å². The number of nitrogens with zero attached hydrogens (tertiary/aromatic N) is 2. The van der Waals surface area contributed by atoms with E-state index in [1.165, 1.54) is 12.8 Å². The van der Waals surface area contributed by atoms with Crippen molar-refractivity contribution in [3.63, 3.8) is 0 Å². The zero-order chi connectivity index (χ0) is 15.2. The summed E-state index contributed by atoms with van der Waals surface area (Å²) < 4.78 is 0. The molecule has 6 nitrogen and oxygen atoms in total. The Morgan fingerprint density at radius 1 is 1.43 bits per heavy atom. The molecular formula is C15H24N4O2. The highest BCUT2D eigenvalue weighted by atomic mass is 16.3. The third kappa shape index (κ3) is 4.32. The van der Waals surface area contributed by atoms with Gasteiger partial charge in [-0.3, -0.25) is 0 Å². The van der Waals surface area contributed by atoms with Crippen molar-refractivity contribution in [2.45, 2.75) is 39.3 Å². The number of carbonyl (C=O) groups is 1. The first-order chi connectivity index (χ1) is 10.1. The minimum atomic E-state index is -0.274. The molecule has 1 aromatic heterocycles. The fraction of sp³-hybridized carbons (Fsp3) is 0.600. The average Bonchev–Trinajstić information content (AvgIpc) is 2.99. The summed E-state index contributed by atoms with van der Waals surface area (Å²) in [7, 11) is 0. The number of carbonyl (C=O) groups excluding carboxylic acids is 1. The fourth-order valence-corrected chi connectivity index (χ4v) is 2.41. The number of anilines is 1. The topological polar surface area (TPSA) is 77.5 Å². The molecule has 0 saturated carbocycles. The van der Waals surface area contributed by atoms with Gasteiger partial charge in [-0.05, 0) is 32.8 Å². The Hall–Kier alpha value is -1.82. The molecule has 116 valence electrons. The Morgan fingerprint density at radius 2 is 2.14 bits per heavy atom. The summed E-state index contributed by atoms with van der Waals surface area (Å²) in [5, 5.41) is 14.4. The predicted octanol–water partition coefficient (Wildman–Crippen LogP) is 1.17. The van der Waals surface area contributed by atoms with E-state index in [9.17, 15) is 4.79 Å². The number of urea groups is 1. The molecule has 6 heteroatoms. The Morgan fingerprint density at radius 3 is 2.81 bits per heavy atom. The Balaban J connectivity index is 2.00. The average molecular weight is 292 g/mol. The van der Waals surface area contributed by atoms with Crippen molar-refractivity contribution in [3.8, 4) is 0 Å². The molecule has 1 aliphatic rings. The van der Waals surface area contributed by atoms with Crippen molar-refractivity contribution in [1.29, 1.82) is 0 Å². The number of amides is 2. The minimum absolute atomic E-state index is 0.0709. The highest BCUT2D eigenvalue weighted by molar-refractivity contribution is 5.74. The van der Waals surface area contributed by atoms with Gasteiger partial charge in [0, 0.05) is 30.9 Å². The van der Waals surface area contributed by atoms with Crippen LogP contribution in [-0.2, 0) is 6.54 Å². The molecule has 2 heterocycles. The number of aryl methyl sites for hydroxylation is 1. The van der Waals surface area contributed by atoms with Gasteiger partial charge in [0.05, 0.1) is 12.6 Å². The van der Waals surface area contributed by atoms with E-state index >= 15 is 0 Å². The molecular weight excluding hydrogens is 268 g/mol. The van der Waals surface area contributed by atoms with Gasteiger partial charge >= 0.3 is 6.03 Å². The van der Waals surface area contributed by atoms with E-state index in [0.717, 1.165) is 30.2 Å². The maximum absolute atomic E-state index is 11.7. The van der Waals surface area contributed by atoms with Crippen molar-refractivity contribution < 1.29 is 9.90 Å². The van der Waals surface area contributed by atoms with Crippen LogP contribution in [0.1, 0.15) is 31.0 Å². The second-order valence-corrected chi connectivity index (χ2v) is 5.54. The van der Waals surface area contributed by atoms with Gasteiger partial charge in [-0.1, -0.05) is 6.07 Å². The van der Waals surface area contributed by atoms with Crippen LogP contribution in [0.4, 0.5) is 10.6 Å². The molecule has 1 saturated heterocycles. The first kappa shape index (κ1) is 15.6. The molecule has 0 radical (unpaired) electrons. The Kier molecular flexibility index (Phi) is 5.38. The second kappa shape index (κ2) is 7.26. The maximum atomic E-state index is 11.7. The zero-order valence-electron chi connectivity index (χ0n) is 12.7. The monoisotopic (exact) mass is 292 g/mol. The van der Waals surface area contributed by atoms with Crippen molar-refractivity contribution in [2.24, 2.45) is 0 Å². The number of rotatable bonds is 5. The van der Waals surface area contributed by atoms with Crippen LogP contribution in [0.25, 0.3) is 0 Å². The SMILES string of the molecule is Cc1ccc(CNC(=O)NC(C)CO)c(N2CCCC2)n1. The molecule has 1 fully saturated rings. The van der Waals surface area contributed by atoms with Crippen LogP contribution in [0.5, 0.6) is 0 Å². The lowest BCUT2D eigenvalue weighted by Crippen LogP contribution is -2.42. The number of nitrogens with one attached hydrogen (secondary N) is 2. The normalized spacial score (nSPS) is 15.9. The van der Waals surface area contributed by atoms with Crippen molar-refractivity contribution in [1.82, 2.24) is 15.6 Å². The lowest BCUT2D eigenvalue weighted by atomic mass is 10.2. The standard InChI is InChI=1S/C15H24N4O2/c1-11-5-6-13(9-16-15(21)18-12(2)10-20)14(17-11)19-7-3-4-8-19/h5-6,12,20H,3-4,7-10H2,1-2H3,(H2,16,18,21). The molecule has 3 N–H and O–H groups in total. The second-order valence-electron chi connectivity index (χ2n) is 5.54. The molecule has 1 aromatic rings. The molecule has 1 atom stereocenters. The zero-order valence-corrected chi connectivity index (χ0v) is 12.7. The third-order valence-corrected chi connectivity index (χ3v) is 3.59. The summed E-state index contributed by atoms with van der Waals surface area (Å²) in [6.45, 7) is 6.14. The van der Waals surface area contributed by atoms with Gasteiger partial charge in [-0.2, -0.15) is 0 Å². The Labute approximate surface area is 125 Å². The molecule has 0 aromatic carbocycles. The number of pyridine rings is 1. The molecule has 1 aliphatic heterocycles. The summed E-state index contributed by atoms with van der Waals surface area (Å²) in [6, 6.07) is 3.46. The van der Waals surface area contributed by atoms with Crippen molar-refractivity contribution in [3.05, 3.63) is 23.4 Å². The lowest BCUT2D eigenvalue weighted by molar-refractivity contribution is 0.220. The summed E-state index contributed by atoms with van der Waals surface area (Å²) in [5.41, 5.74) is 2.01. The number of aliphatic hydroxyl groups excluding tert-OH is 1.